The molecule has 0 spiro atoms. The van der Waals surface area contributed by atoms with E-state index in [1.807, 2.05) is 31.2 Å². The lowest BCUT2D eigenvalue weighted by atomic mass is 10.1. The van der Waals surface area contributed by atoms with Crippen molar-refractivity contribution in [3.05, 3.63) is 131 Å². The molecule has 2 amide bonds. The van der Waals surface area contributed by atoms with Crippen LogP contribution in [0.5, 0.6) is 0 Å². The molecule has 4 aromatic carbocycles. The number of anilines is 2. The normalized spacial score (nSPS) is 11.9. The van der Waals surface area contributed by atoms with Crippen LogP contribution in [0, 0.1) is 6.92 Å². The first-order chi connectivity index (χ1) is 20.3. The van der Waals surface area contributed by atoms with Gasteiger partial charge in [-0.3, -0.25) is 9.59 Å². The number of nitrogens with one attached hydrogen (secondary N) is 2. The van der Waals surface area contributed by atoms with Crippen molar-refractivity contribution in [2.75, 3.05) is 10.6 Å². The molecule has 0 fully saturated rings. The summed E-state index contributed by atoms with van der Waals surface area (Å²) in [5.41, 5.74) is 1.62. The quantitative estimate of drug-likeness (QED) is 0.193. The van der Waals surface area contributed by atoms with Gasteiger partial charge < -0.3 is 15.2 Å². The second kappa shape index (κ2) is 11.3. The van der Waals surface area contributed by atoms with Crippen LogP contribution in [0.1, 0.15) is 43.1 Å². The summed E-state index contributed by atoms with van der Waals surface area (Å²) >= 11 is 0. The third kappa shape index (κ3) is 6.72. The number of hydrogen-bond acceptors (Lipinski definition) is 2. The summed E-state index contributed by atoms with van der Waals surface area (Å²) < 4.78 is 79.3. The highest BCUT2D eigenvalue weighted by molar-refractivity contribution is 6.08. The van der Waals surface area contributed by atoms with Gasteiger partial charge in [-0.25, -0.2) is 0 Å². The zero-order chi connectivity index (χ0) is 30.9. The fraction of sp³-hybridized carbons (Fsp3) is 0.125. The van der Waals surface area contributed by atoms with Crippen LogP contribution >= 0.6 is 0 Å². The molecule has 11 heteroatoms. The van der Waals surface area contributed by atoms with E-state index in [2.05, 4.69) is 10.6 Å². The molecule has 0 aliphatic carbocycles. The Morgan fingerprint density at radius 1 is 0.674 bits per heavy atom. The minimum absolute atomic E-state index is 0.0294. The Bertz CT molecular complexity index is 1800. The van der Waals surface area contributed by atoms with E-state index in [0.717, 1.165) is 47.5 Å². The fourth-order valence-electron chi connectivity index (χ4n) is 4.65. The Hall–Kier alpha value is -5.06. The lowest BCUT2D eigenvalue weighted by Gasteiger charge is -2.13. The van der Waals surface area contributed by atoms with Crippen LogP contribution in [0.25, 0.3) is 10.9 Å². The van der Waals surface area contributed by atoms with Crippen LogP contribution < -0.4 is 10.6 Å². The Kier molecular flexibility index (Phi) is 7.74. The number of aromatic nitrogens is 1. The van der Waals surface area contributed by atoms with Crippen molar-refractivity contribution in [2.45, 2.75) is 25.8 Å². The van der Waals surface area contributed by atoms with Crippen molar-refractivity contribution in [3.63, 3.8) is 0 Å². The molecule has 1 heterocycles. The monoisotopic (exact) mass is 595 g/mol. The summed E-state index contributed by atoms with van der Waals surface area (Å²) in [6.45, 7) is 2.24. The van der Waals surface area contributed by atoms with Crippen molar-refractivity contribution < 1.29 is 35.9 Å². The number of carbonyl (C=O) groups is 2. The lowest BCUT2D eigenvalue weighted by Crippen LogP contribution is -2.17. The van der Waals surface area contributed by atoms with Crippen LogP contribution in [0.4, 0.5) is 37.7 Å². The average molecular weight is 596 g/mol. The summed E-state index contributed by atoms with van der Waals surface area (Å²) in [5.74, 6) is -1.17. The van der Waals surface area contributed by atoms with Gasteiger partial charge in [-0.2, -0.15) is 26.3 Å². The number of halogens is 6. The van der Waals surface area contributed by atoms with Gasteiger partial charge in [0.25, 0.3) is 11.8 Å². The highest BCUT2D eigenvalue weighted by atomic mass is 19.4. The first-order valence-electron chi connectivity index (χ1n) is 12.9. The molecule has 0 aliphatic rings. The van der Waals surface area contributed by atoms with E-state index in [4.69, 9.17) is 0 Å². The standard InChI is InChI=1S/C32H23F6N3O2/c1-19-3-2-4-20(15-19)18-41-27-14-13-26(40-29(42)21-5-7-23(8-6-21)31(33,34)35)16-22(27)17-28(41)30(43)39-25-11-9-24(10-12-25)32(36,37)38/h2-17H,18H2,1H3,(H,39,43)(H,40,42). The highest BCUT2D eigenvalue weighted by Crippen LogP contribution is 2.31. The molecule has 43 heavy (non-hydrogen) atoms. The maximum absolute atomic E-state index is 13.4. The molecular formula is C32H23F6N3O2. The molecular weight excluding hydrogens is 572 g/mol. The first kappa shape index (κ1) is 29.4. The highest BCUT2D eigenvalue weighted by Gasteiger charge is 2.31. The minimum Gasteiger partial charge on any atom is -0.332 e. The van der Waals surface area contributed by atoms with E-state index in [0.29, 0.717) is 23.1 Å². The van der Waals surface area contributed by atoms with Gasteiger partial charge in [0.1, 0.15) is 5.69 Å². The third-order valence-electron chi connectivity index (χ3n) is 6.76. The van der Waals surface area contributed by atoms with Crippen molar-refractivity contribution in [3.8, 4) is 0 Å². The third-order valence-corrected chi connectivity index (χ3v) is 6.76. The van der Waals surface area contributed by atoms with E-state index >= 15 is 0 Å². The molecule has 5 aromatic rings. The molecule has 0 atom stereocenters. The van der Waals surface area contributed by atoms with Gasteiger partial charge in [-0.1, -0.05) is 29.8 Å². The van der Waals surface area contributed by atoms with Crippen molar-refractivity contribution in [1.29, 1.82) is 0 Å². The molecule has 220 valence electrons. The molecule has 0 bridgehead atoms. The molecule has 0 aliphatic heterocycles. The molecule has 0 saturated heterocycles. The molecule has 1 aromatic heterocycles. The van der Waals surface area contributed by atoms with E-state index in [9.17, 15) is 35.9 Å². The van der Waals surface area contributed by atoms with Crippen LogP contribution in [0.15, 0.2) is 97.1 Å². The number of benzene rings is 4. The lowest BCUT2D eigenvalue weighted by molar-refractivity contribution is -0.138. The van der Waals surface area contributed by atoms with Crippen molar-refractivity contribution in [2.24, 2.45) is 0 Å². The molecule has 0 saturated carbocycles. The average Bonchev–Trinajstić information content (AvgIpc) is 3.30. The first-order valence-corrected chi connectivity index (χ1v) is 12.9. The van der Waals surface area contributed by atoms with Crippen molar-refractivity contribution in [1.82, 2.24) is 4.57 Å². The Labute approximate surface area is 241 Å². The smallest absolute Gasteiger partial charge is 0.332 e. The minimum atomic E-state index is -4.53. The number of alkyl halides is 6. The second-order valence-corrected chi connectivity index (χ2v) is 9.94. The number of hydrogen-bond donors (Lipinski definition) is 2. The topological polar surface area (TPSA) is 63.1 Å². The summed E-state index contributed by atoms with van der Waals surface area (Å²) in [5, 5.41) is 5.88. The Balaban J connectivity index is 1.45. The number of carbonyl (C=O) groups excluding carboxylic acids is 2. The largest absolute Gasteiger partial charge is 0.416 e. The maximum atomic E-state index is 13.4. The van der Waals surface area contributed by atoms with Gasteiger partial charge in [0, 0.05) is 34.4 Å². The molecule has 5 rings (SSSR count). The van der Waals surface area contributed by atoms with Crippen LogP contribution in [-0.4, -0.2) is 16.4 Å². The summed E-state index contributed by atoms with van der Waals surface area (Å²) in [6.07, 6.45) is -9.04. The van der Waals surface area contributed by atoms with Gasteiger partial charge in [-0.15, -0.1) is 0 Å². The summed E-state index contributed by atoms with van der Waals surface area (Å²) in [6, 6.07) is 22.1. The predicted molar refractivity (Wildman–Crippen MR) is 151 cm³/mol. The fourth-order valence-corrected chi connectivity index (χ4v) is 4.65. The maximum Gasteiger partial charge on any atom is 0.416 e. The van der Waals surface area contributed by atoms with E-state index < -0.39 is 35.3 Å². The number of nitrogens with zero attached hydrogens (tertiary/aromatic N) is 1. The molecule has 2 N–H and O–H groups in total. The van der Waals surface area contributed by atoms with E-state index in [-0.39, 0.29) is 16.9 Å². The summed E-state index contributed by atoms with van der Waals surface area (Å²) in [4.78, 5) is 26.1. The molecule has 5 nitrogen and oxygen atoms in total. The van der Waals surface area contributed by atoms with Crippen LogP contribution in [-0.2, 0) is 18.9 Å². The molecule has 0 unspecified atom stereocenters. The SMILES string of the molecule is Cc1cccc(Cn2c(C(=O)Nc3ccc(C(F)(F)F)cc3)cc3cc(NC(=O)c4ccc(C(F)(F)F)cc4)ccc32)c1. The van der Waals surface area contributed by atoms with Crippen molar-refractivity contribution >= 4 is 34.1 Å². The number of aryl methyl sites for hydroxylation is 1. The number of fused-ring (bicyclic) bond motifs is 1. The second-order valence-electron chi connectivity index (χ2n) is 9.94. The van der Waals surface area contributed by atoms with Gasteiger partial charge in [0.2, 0.25) is 0 Å². The zero-order valence-corrected chi connectivity index (χ0v) is 22.5. The zero-order valence-electron chi connectivity index (χ0n) is 22.5. The molecule has 0 radical (unpaired) electrons. The van der Waals surface area contributed by atoms with Gasteiger partial charge >= 0.3 is 12.4 Å². The Morgan fingerprint density at radius 2 is 1.26 bits per heavy atom. The summed E-state index contributed by atoms with van der Waals surface area (Å²) in [7, 11) is 0. The number of rotatable bonds is 6. The van der Waals surface area contributed by atoms with E-state index in [1.165, 1.54) is 12.1 Å². The Morgan fingerprint density at radius 3 is 1.86 bits per heavy atom. The predicted octanol–water partition coefficient (Wildman–Crippen LogP) is 8.54. The van der Waals surface area contributed by atoms with E-state index in [1.54, 1.807) is 28.8 Å². The number of amides is 2. The van der Waals surface area contributed by atoms with Crippen LogP contribution in [0.3, 0.4) is 0 Å². The van der Waals surface area contributed by atoms with Gasteiger partial charge in [0.05, 0.1) is 11.1 Å². The van der Waals surface area contributed by atoms with Gasteiger partial charge in [-0.05, 0) is 85.3 Å². The van der Waals surface area contributed by atoms with Gasteiger partial charge in [0.15, 0.2) is 0 Å². The van der Waals surface area contributed by atoms with Crippen LogP contribution in [0.2, 0.25) is 0 Å².